The van der Waals surface area contributed by atoms with Gasteiger partial charge in [-0.3, -0.25) is 14.8 Å². The molecule has 0 amide bonds. The summed E-state index contributed by atoms with van der Waals surface area (Å²) in [5.41, 5.74) is 3.49. The fraction of sp³-hybridized carbons (Fsp3) is 0.556. The maximum absolute atomic E-state index is 6.05. The minimum Gasteiger partial charge on any atom is -0.374 e. The predicted octanol–water partition coefficient (Wildman–Crippen LogP) is 1.21. The fourth-order valence-corrected chi connectivity index (χ4v) is 3.82. The summed E-state index contributed by atoms with van der Waals surface area (Å²) < 4.78 is 8.14. The molecule has 2 aliphatic rings. The monoisotopic (exact) mass is 327 g/mol. The molecular formula is C18H25N5O. The van der Waals surface area contributed by atoms with Gasteiger partial charge in [-0.1, -0.05) is 6.07 Å². The van der Waals surface area contributed by atoms with Gasteiger partial charge in [0.15, 0.2) is 0 Å². The van der Waals surface area contributed by atoms with Crippen LogP contribution in [0, 0.1) is 6.92 Å². The summed E-state index contributed by atoms with van der Waals surface area (Å²) in [5, 5.41) is 0. The largest absolute Gasteiger partial charge is 0.374 e. The third-order valence-corrected chi connectivity index (χ3v) is 5.11. The normalized spacial score (nSPS) is 25.1. The van der Waals surface area contributed by atoms with Crippen LogP contribution in [0.3, 0.4) is 0 Å². The molecule has 24 heavy (non-hydrogen) atoms. The first-order chi connectivity index (χ1) is 11.7. The van der Waals surface area contributed by atoms with Crippen molar-refractivity contribution in [1.29, 1.82) is 0 Å². The van der Waals surface area contributed by atoms with Gasteiger partial charge in [-0.2, -0.15) is 0 Å². The molecule has 0 radical (unpaired) electrons. The van der Waals surface area contributed by atoms with E-state index in [9.17, 15) is 0 Å². The summed E-state index contributed by atoms with van der Waals surface area (Å²) in [7, 11) is 2.05. The van der Waals surface area contributed by atoms with Crippen LogP contribution in [-0.2, 0) is 24.9 Å². The highest BCUT2D eigenvalue weighted by Crippen LogP contribution is 2.25. The van der Waals surface area contributed by atoms with E-state index in [4.69, 9.17) is 4.74 Å². The fourth-order valence-electron chi connectivity index (χ4n) is 3.82. The van der Waals surface area contributed by atoms with Crippen LogP contribution in [0.25, 0.3) is 0 Å². The molecule has 2 aromatic heterocycles. The van der Waals surface area contributed by atoms with E-state index in [-0.39, 0.29) is 0 Å². The SMILES string of the molecule is Cc1cccc(CN2CCO[C@H]3CN(Cc4cncn4C)C[C@@H]32)n1. The number of pyridine rings is 1. The molecule has 2 atom stereocenters. The molecule has 0 N–H and O–H groups in total. The molecule has 2 aliphatic heterocycles. The van der Waals surface area contributed by atoms with Crippen molar-refractivity contribution in [3.8, 4) is 0 Å². The molecule has 0 unspecified atom stereocenters. The number of rotatable bonds is 4. The zero-order valence-corrected chi connectivity index (χ0v) is 14.4. The number of ether oxygens (including phenoxy) is 1. The molecule has 0 aliphatic carbocycles. The average molecular weight is 327 g/mol. The lowest BCUT2D eigenvalue weighted by molar-refractivity contribution is -0.0508. The van der Waals surface area contributed by atoms with Gasteiger partial charge in [0.1, 0.15) is 0 Å². The summed E-state index contributed by atoms with van der Waals surface area (Å²) >= 11 is 0. The van der Waals surface area contributed by atoms with E-state index >= 15 is 0 Å². The average Bonchev–Trinajstić information content (AvgIpc) is 3.15. The Hall–Kier alpha value is -1.76. The second-order valence-electron chi connectivity index (χ2n) is 6.91. The molecule has 0 aromatic carbocycles. The molecule has 128 valence electrons. The Balaban J connectivity index is 1.43. The van der Waals surface area contributed by atoms with Crippen molar-refractivity contribution in [1.82, 2.24) is 24.3 Å². The Kier molecular flexibility index (Phi) is 4.35. The van der Waals surface area contributed by atoms with Crippen molar-refractivity contribution in [3.63, 3.8) is 0 Å². The van der Waals surface area contributed by atoms with Crippen molar-refractivity contribution in [2.24, 2.45) is 7.05 Å². The number of morpholine rings is 1. The van der Waals surface area contributed by atoms with Gasteiger partial charge in [-0.05, 0) is 19.1 Å². The molecule has 6 nitrogen and oxygen atoms in total. The molecular weight excluding hydrogens is 302 g/mol. The number of nitrogens with zero attached hydrogens (tertiary/aromatic N) is 5. The van der Waals surface area contributed by atoms with Crippen LogP contribution in [0.1, 0.15) is 17.1 Å². The van der Waals surface area contributed by atoms with E-state index in [1.165, 1.54) is 5.69 Å². The van der Waals surface area contributed by atoms with Gasteiger partial charge in [-0.25, -0.2) is 4.98 Å². The van der Waals surface area contributed by atoms with Crippen LogP contribution in [-0.4, -0.2) is 62.7 Å². The van der Waals surface area contributed by atoms with Gasteiger partial charge in [-0.15, -0.1) is 0 Å². The van der Waals surface area contributed by atoms with Crippen molar-refractivity contribution < 1.29 is 4.74 Å². The Bertz CT molecular complexity index is 700. The van der Waals surface area contributed by atoms with Crippen molar-refractivity contribution >= 4 is 0 Å². The van der Waals surface area contributed by atoms with Crippen LogP contribution in [0.5, 0.6) is 0 Å². The van der Waals surface area contributed by atoms with E-state index < -0.39 is 0 Å². The van der Waals surface area contributed by atoms with Gasteiger partial charge in [0.2, 0.25) is 0 Å². The van der Waals surface area contributed by atoms with Gasteiger partial charge in [0.25, 0.3) is 0 Å². The maximum Gasteiger partial charge on any atom is 0.0945 e. The second kappa shape index (κ2) is 6.63. The number of hydrogen-bond donors (Lipinski definition) is 0. The highest BCUT2D eigenvalue weighted by molar-refractivity contribution is 5.11. The molecule has 0 saturated carbocycles. The zero-order valence-electron chi connectivity index (χ0n) is 14.4. The first-order valence-corrected chi connectivity index (χ1v) is 8.65. The number of aryl methyl sites for hydroxylation is 2. The minimum absolute atomic E-state index is 0.303. The Morgan fingerprint density at radius 3 is 2.96 bits per heavy atom. The summed E-state index contributed by atoms with van der Waals surface area (Å²) in [6.07, 6.45) is 4.12. The van der Waals surface area contributed by atoms with Crippen molar-refractivity contribution in [3.05, 3.63) is 47.8 Å². The maximum atomic E-state index is 6.05. The number of fused-ring (bicyclic) bond motifs is 1. The van der Waals surface area contributed by atoms with E-state index in [2.05, 4.69) is 56.5 Å². The van der Waals surface area contributed by atoms with Crippen molar-refractivity contribution in [2.45, 2.75) is 32.2 Å². The smallest absolute Gasteiger partial charge is 0.0945 e. The van der Waals surface area contributed by atoms with Crippen LogP contribution in [0.4, 0.5) is 0 Å². The van der Waals surface area contributed by atoms with Crippen LogP contribution < -0.4 is 0 Å². The third-order valence-electron chi connectivity index (χ3n) is 5.11. The van der Waals surface area contributed by atoms with Gasteiger partial charge >= 0.3 is 0 Å². The minimum atomic E-state index is 0.303. The first kappa shape index (κ1) is 15.7. The number of hydrogen-bond acceptors (Lipinski definition) is 5. The number of aromatic nitrogens is 3. The lowest BCUT2D eigenvalue weighted by Crippen LogP contribution is -2.50. The van der Waals surface area contributed by atoms with Crippen LogP contribution in [0.2, 0.25) is 0 Å². The highest BCUT2D eigenvalue weighted by Gasteiger charge is 2.40. The summed E-state index contributed by atoms with van der Waals surface area (Å²) in [5.74, 6) is 0. The lowest BCUT2D eigenvalue weighted by Gasteiger charge is -2.36. The molecule has 0 spiro atoms. The topological polar surface area (TPSA) is 46.4 Å². The molecule has 6 heteroatoms. The summed E-state index contributed by atoms with van der Waals surface area (Å²) in [6.45, 7) is 7.73. The Labute approximate surface area is 143 Å². The Morgan fingerprint density at radius 1 is 1.25 bits per heavy atom. The molecule has 2 fully saturated rings. The van der Waals surface area contributed by atoms with E-state index in [1.54, 1.807) is 0 Å². The highest BCUT2D eigenvalue weighted by atomic mass is 16.5. The zero-order chi connectivity index (χ0) is 16.5. The summed E-state index contributed by atoms with van der Waals surface area (Å²) in [4.78, 5) is 13.9. The molecule has 2 aromatic rings. The van der Waals surface area contributed by atoms with E-state index in [1.807, 2.05) is 12.5 Å². The van der Waals surface area contributed by atoms with Gasteiger partial charge in [0.05, 0.1) is 36.5 Å². The number of imidazole rings is 1. The lowest BCUT2D eigenvalue weighted by atomic mass is 10.1. The summed E-state index contributed by atoms with van der Waals surface area (Å²) in [6, 6.07) is 6.73. The standard InChI is InChI=1S/C18H25N5O/c1-14-4-3-5-15(20-14)9-23-6-7-24-18-12-22(11-17(18)23)10-16-8-19-13-21(16)2/h3-5,8,13,17-18H,6-7,9-12H2,1-2H3/t17-,18-/m0/s1. The first-order valence-electron chi connectivity index (χ1n) is 8.65. The Morgan fingerprint density at radius 2 is 2.17 bits per heavy atom. The van der Waals surface area contributed by atoms with Crippen LogP contribution in [0.15, 0.2) is 30.7 Å². The van der Waals surface area contributed by atoms with E-state index in [0.29, 0.717) is 12.1 Å². The quantitative estimate of drug-likeness (QED) is 0.845. The number of likely N-dealkylation sites (tertiary alicyclic amines) is 1. The third kappa shape index (κ3) is 3.22. The predicted molar refractivity (Wildman–Crippen MR) is 91.4 cm³/mol. The molecule has 2 saturated heterocycles. The second-order valence-corrected chi connectivity index (χ2v) is 6.91. The molecule has 0 bridgehead atoms. The van der Waals surface area contributed by atoms with Crippen molar-refractivity contribution in [2.75, 3.05) is 26.2 Å². The van der Waals surface area contributed by atoms with Gasteiger partial charge < -0.3 is 9.30 Å². The van der Waals surface area contributed by atoms with E-state index in [0.717, 1.165) is 50.7 Å². The van der Waals surface area contributed by atoms with Gasteiger partial charge in [0, 0.05) is 51.7 Å². The molecule has 4 rings (SSSR count). The molecule has 4 heterocycles. The van der Waals surface area contributed by atoms with Crippen LogP contribution >= 0.6 is 0 Å².